The Morgan fingerprint density at radius 2 is 1.57 bits per heavy atom. The summed E-state index contributed by atoms with van der Waals surface area (Å²) in [6, 6.07) is 0. The summed E-state index contributed by atoms with van der Waals surface area (Å²) in [5.74, 6) is -1.10. The van der Waals surface area contributed by atoms with E-state index in [1.807, 2.05) is 0 Å². The van der Waals surface area contributed by atoms with Crippen LogP contribution in [0, 0.1) is 0 Å². The quantitative estimate of drug-likeness (QED) is 0.565. The molecule has 1 unspecified atom stereocenters. The number of aliphatic hydroxyl groups is 1. The molecule has 0 rings (SSSR count). The molecular weight excluding hydrogens is 180 g/mol. The summed E-state index contributed by atoms with van der Waals surface area (Å²) in [6.45, 7) is 2.18. The van der Waals surface area contributed by atoms with Crippen LogP contribution in [-0.2, 0) is 4.79 Å². The molecule has 0 aliphatic rings. The van der Waals surface area contributed by atoms with Crippen molar-refractivity contribution in [3.63, 3.8) is 0 Å². The number of aliphatic carboxylic acids is 1. The summed E-state index contributed by atoms with van der Waals surface area (Å²) in [7, 11) is 0. The second kappa shape index (κ2) is 9.00. The van der Waals surface area contributed by atoms with E-state index in [1.54, 1.807) is 0 Å². The molecule has 0 aromatic heterocycles. The minimum atomic E-state index is -1.16. The number of carboxylic acids is 1. The van der Waals surface area contributed by atoms with Gasteiger partial charge in [-0.3, -0.25) is 0 Å². The standard InChI is InChI=1S/C11H22O3/c1-2-3-4-5-6-7-8-9-10(12)11(13)14/h10,12H,2-9H2,1H3,(H,13,14). The van der Waals surface area contributed by atoms with E-state index in [1.165, 1.54) is 25.7 Å². The summed E-state index contributed by atoms with van der Waals surface area (Å²) in [5, 5.41) is 17.4. The fourth-order valence-corrected chi connectivity index (χ4v) is 1.42. The van der Waals surface area contributed by atoms with Gasteiger partial charge >= 0.3 is 5.97 Å². The van der Waals surface area contributed by atoms with Crippen molar-refractivity contribution in [1.82, 2.24) is 0 Å². The van der Waals surface area contributed by atoms with Crippen molar-refractivity contribution in [2.75, 3.05) is 0 Å². The largest absolute Gasteiger partial charge is 0.479 e. The first-order chi connectivity index (χ1) is 6.68. The average molecular weight is 202 g/mol. The molecule has 2 N–H and O–H groups in total. The van der Waals surface area contributed by atoms with Crippen molar-refractivity contribution in [3.8, 4) is 0 Å². The fourth-order valence-electron chi connectivity index (χ4n) is 1.42. The number of hydrogen-bond donors (Lipinski definition) is 2. The summed E-state index contributed by atoms with van der Waals surface area (Å²) in [6.07, 6.45) is 7.29. The summed E-state index contributed by atoms with van der Waals surface area (Å²) >= 11 is 0. The maximum atomic E-state index is 10.3. The number of carboxylic acid groups (broad SMARTS) is 1. The lowest BCUT2D eigenvalue weighted by Gasteiger charge is -2.04. The van der Waals surface area contributed by atoms with Gasteiger partial charge in [0, 0.05) is 0 Å². The van der Waals surface area contributed by atoms with Gasteiger partial charge in [0.25, 0.3) is 0 Å². The second-order valence-electron chi connectivity index (χ2n) is 3.76. The van der Waals surface area contributed by atoms with E-state index in [0.29, 0.717) is 6.42 Å². The van der Waals surface area contributed by atoms with Crippen LogP contribution in [0.2, 0.25) is 0 Å². The zero-order chi connectivity index (χ0) is 10.8. The highest BCUT2D eigenvalue weighted by molar-refractivity contribution is 5.71. The smallest absolute Gasteiger partial charge is 0.332 e. The van der Waals surface area contributed by atoms with Crippen LogP contribution < -0.4 is 0 Å². The predicted molar refractivity (Wildman–Crippen MR) is 56.3 cm³/mol. The summed E-state index contributed by atoms with van der Waals surface area (Å²) < 4.78 is 0. The van der Waals surface area contributed by atoms with E-state index in [4.69, 9.17) is 10.2 Å². The molecule has 14 heavy (non-hydrogen) atoms. The molecular formula is C11H22O3. The van der Waals surface area contributed by atoms with Crippen LogP contribution in [0.3, 0.4) is 0 Å². The van der Waals surface area contributed by atoms with Crippen molar-refractivity contribution in [2.45, 2.75) is 64.4 Å². The van der Waals surface area contributed by atoms with Gasteiger partial charge in [-0.15, -0.1) is 0 Å². The van der Waals surface area contributed by atoms with Gasteiger partial charge in [-0.2, -0.15) is 0 Å². The van der Waals surface area contributed by atoms with Crippen molar-refractivity contribution >= 4 is 5.97 Å². The second-order valence-corrected chi connectivity index (χ2v) is 3.76. The third-order valence-corrected chi connectivity index (χ3v) is 2.37. The van der Waals surface area contributed by atoms with Gasteiger partial charge < -0.3 is 10.2 Å². The first-order valence-electron chi connectivity index (χ1n) is 5.59. The number of unbranched alkanes of at least 4 members (excludes halogenated alkanes) is 6. The van der Waals surface area contributed by atoms with Gasteiger partial charge in [-0.05, 0) is 6.42 Å². The van der Waals surface area contributed by atoms with Crippen LogP contribution in [0.25, 0.3) is 0 Å². The SMILES string of the molecule is CCCCCCCCCC(O)C(=O)O. The minimum absolute atomic E-state index is 0.392. The Kier molecular flexibility index (Phi) is 8.64. The Morgan fingerprint density at radius 3 is 2.07 bits per heavy atom. The number of aliphatic hydroxyl groups excluding tert-OH is 1. The Balaban J connectivity index is 3.09. The molecule has 0 heterocycles. The van der Waals surface area contributed by atoms with Crippen molar-refractivity contribution in [2.24, 2.45) is 0 Å². The number of carbonyl (C=O) groups is 1. The monoisotopic (exact) mass is 202 g/mol. The Bertz CT molecular complexity index is 145. The summed E-state index contributed by atoms with van der Waals surface area (Å²) in [5.41, 5.74) is 0. The molecule has 0 aliphatic carbocycles. The first-order valence-corrected chi connectivity index (χ1v) is 5.59. The topological polar surface area (TPSA) is 57.5 Å². The lowest BCUT2D eigenvalue weighted by Crippen LogP contribution is -2.18. The van der Waals surface area contributed by atoms with E-state index in [0.717, 1.165) is 19.3 Å². The predicted octanol–water partition coefficient (Wildman–Crippen LogP) is 2.57. The molecule has 3 heteroatoms. The molecule has 0 bridgehead atoms. The van der Waals surface area contributed by atoms with E-state index in [-0.39, 0.29) is 0 Å². The zero-order valence-corrected chi connectivity index (χ0v) is 9.04. The Labute approximate surface area is 86.1 Å². The molecule has 0 aliphatic heterocycles. The van der Waals surface area contributed by atoms with E-state index >= 15 is 0 Å². The normalized spacial score (nSPS) is 12.7. The van der Waals surface area contributed by atoms with Crippen molar-refractivity contribution in [3.05, 3.63) is 0 Å². The van der Waals surface area contributed by atoms with Crippen molar-refractivity contribution in [1.29, 1.82) is 0 Å². The van der Waals surface area contributed by atoms with Gasteiger partial charge in [0.15, 0.2) is 6.10 Å². The highest BCUT2D eigenvalue weighted by atomic mass is 16.4. The van der Waals surface area contributed by atoms with E-state index in [2.05, 4.69) is 6.92 Å². The van der Waals surface area contributed by atoms with Crippen LogP contribution in [0.5, 0.6) is 0 Å². The molecule has 0 aromatic rings. The number of rotatable bonds is 9. The molecule has 0 saturated carbocycles. The third-order valence-electron chi connectivity index (χ3n) is 2.37. The van der Waals surface area contributed by atoms with E-state index in [9.17, 15) is 4.79 Å². The Morgan fingerprint density at radius 1 is 1.07 bits per heavy atom. The summed E-state index contributed by atoms with van der Waals surface area (Å²) in [4.78, 5) is 10.3. The lowest BCUT2D eigenvalue weighted by molar-refractivity contribution is -0.146. The third kappa shape index (κ3) is 8.05. The van der Waals surface area contributed by atoms with Gasteiger partial charge in [0.05, 0.1) is 0 Å². The van der Waals surface area contributed by atoms with Gasteiger partial charge in [-0.25, -0.2) is 4.79 Å². The fraction of sp³-hybridized carbons (Fsp3) is 0.909. The maximum Gasteiger partial charge on any atom is 0.332 e. The molecule has 3 nitrogen and oxygen atoms in total. The van der Waals surface area contributed by atoms with Crippen LogP contribution >= 0.6 is 0 Å². The highest BCUT2D eigenvalue weighted by Gasteiger charge is 2.11. The Hall–Kier alpha value is -0.570. The minimum Gasteiger partial charge on any atom is -0.479 e. The molecule has 0 amide bonds. The first kappa shape index (κ1) is 13.4. The molecule has 1 atom stereocenters. The molecule has 0 saturated heterocycles. The van der Waals surface area contributed by atoms with Crippen molar-refractivity contribution < 1.29 is 15.0 Å². The highest BCUT2D eigenvalue weighted by Crippen LogP contribution is 2.09. The molecule has 0 aromatic carbocycles. The van der Waals surface area contributed by atoms with Crippen LogP contribution in [0.15, 0.2) is 0 Å². The van der Waals surface area contributed by atoms with Gasteiger partial charge in [-0.1, -0.05) is 51.9 Å². The average Bonchev–Trinajstić information content (AvgIpc) is 2.16. The lowest BCUT2D eigenvalue weighted by atomic mass is 10.1. The van der Waals surface area contributed by atoms with Crippen LogP contribution in [-0.4, -0.2) is 22.3 Å². The van der Waals surface area contributed by atoms with Gasteiger partial charge in [0.1, 0.15) is 0 Å². The molecule has 0 spiro atoms. The van der Waals surface area contributed by atoms with Crippen LogP contribution in [0.4, 0.5) is 0 Å². The zero-order valence-electron chi connectivity index (χ0n) is 9.04. The van der Waals surface area contributed by atoms with Gasteiger partial charge in [0.2, 0.25) is 0 Å². The number of hydrogen-bond acceptors (Lipinski definition) is 2. The molecule has 84 valence electrons. The molecule has 0 radical (unpaired) electrons. The molecule has 0 fully saturated rings. The van der Waals surface area contributed by atoms with E-state index < -0.39 is 12.1 Å². The van der Waals surface area contributed by atoms with Crippen LogP contribution in [0.1, 0.15) is 58.3 Å². The maximum absolute atomic E-state index is 10.3.